The van der Waals surface area contributed by atoms with Crippen molar-refractivity contribution in [2.24, 2.45) is 0 Å². The molecule has 7 heteroatoms. The highest BCUT2D eigenvalue weighted by molar-refractivity contribution is 7.99. The van der Waals surface area contributed by atoms with E-state index < -0.39 is 5.91 Å². The van der Waals surface area contributed by atoms with Gasteiger partial charge in [0.2, 0.25) is 5.91 Å². The molecule has 1 amide bonds. The number of carbonyl (C=O) groups is 1. The molecule has 0 fully saturated rings. The first-order valence-electron chi connectivity index (χ1n) is 6.55. The molecule has 5 nitrogen and oxygen atoms in total. The Hall–Kier alpha value is -2.59. The van der Waals surface area contributed by atoms with Crippen LogP contribution in [0.2, 0.25) is 0 Å². The highest BCUT2D eigenvalue weighted by Crippen LogP contribution is 2.30. The highest BCUT2D eigenvalue weighted by atomic mass is 32.2. The van der Waals surface area contributed by atoms with Gasteiger partial charge in [-0.2, -0.15) is 5.26 Å². The predicted molar refractivity (Wildman–Crippen MR) is 81.7 cm³/mol. The number of halogens is 1. The molecular weight excluding hydrogens is 303 g/mol. The first-order chi connectivity index (χ1) is 10.7. The van der Waals surface area contributed by atoms with Gasteiger partial charge in [0, 0.05) is 18.4 Å². The number of hydrogen-bond donors (Lipinski definition) is 1. The van der Waals surface area contributed by atoms with E-state index in [2.05, 4.69) is 16.4 Å². The SMILES string of the molecule is N#Cc1c(NC(=O)C=Cc2cccc(F)c2)nc2n1CCS2. The summed E-state index contributed by atoms with van der Waals surface area (Å²) in [6.45, 7) is 0.713. The van der Waals surface area contributed by atoms with Crippen molar-refractivity contribution in [3.8, 4) is 6.07 Å². The van der Waals surface area contributed by atoms with Gasteiger partial charge in [-0.3, -0.25) is 4.79 Å². The zero-order chi connectivity index (χ0) is 15.5. The van der Waals surface area contributed by atoms with E-state index in [4.69, 9.17) is 0 Å². The fraction of sp³-hybridized carbons (Fsp3) is 0.133. The van der Waals surface area contributed by atoms with Crippen molar-refractivity contribution in [2.45, 2.75) is 11.7 Å². The lowest BCUT2D eigenvalue weighted by molar-refractivity contribution is -0.111. The van der Waals surface area contributed by atoms with Crippen molar-refractivity contribution in [1.29, 1.82) is 5.26 Å². The molecule has 0 bridgehead atoms. The lowest BCUT2D eigenvalue weighted by Crippen LogP contribution is -2.10. The molecule has 1 aliphatic heterocycles. The number of fused-ring (bicyclic) bond motifs is 1. The summed E-state index contributed by atoms with van der Waals surface area (Å²) in [5.74, 6) is 0.364. The number of hydrogen-bond acceptors (Lipinski definition) is 4. The van der Waals surface area contributed by atoms with Crippen molar-refractivity contribution in [3.63, 3.8) is 0 Å². The van der Waals surface area contributed by atoms with Crippen LogP contribution < -0.4 is 5.32 Å². The maximum atomic E-state index is 13.0. The Bertz CT molecular complexity index is 806. The summed E-state index contributed by atoms with van der Waals surface area (Å²) in [5, 5.41) is 12.5. The second-order valence-electron chi connectivity index (χ2n) is 4.58. The summed E-state index contributed by atoms with van der Waals surface area (Å²) in [4.78, 5) is 16.2. The molecule has 2 heterocycles. The maximum Gasteiger partial charge on any atom is 0.249 e. The predicted octanol–water partition coefficient (Wildman–Crippen LogP) is 2.65. The largest absolute Gasteiger partial charge is 0.308 e. The molecular formula is C15H11FN4OS. The number of rotatable bonds is 3. The van der Waals surface area contributed by atoms with Crippen molar-refractivity contribution >= 4 is 29.6 Å². The highest BCUT2D eigenvalue weighted by Gasteiger charge is 2.22. The van der Waals surface area contributed by atoms with Crippen LogP contribution in [-0.4, -0.2) is 21.2 Å². The van der Waals surface area contributed by atoms with Gasteiger partial charge < -0.3 is 9.88 Å². The number of nitrogens with zero attached hydrogens (tertiary/aromatic N) is 3. The van der Waals surface area contributed by atoms with Crippen LogP contribution in [-0.2, 0) is 11.3 Å². The second kappa shape index (κ2) is 6.03. The molecule has 0 spiro atoms. The number of thioether (sulfide) groups is 1. The third-order valence-electron chi connectivity index (χ3n) is 3.10. The topological polar surface area (TPSA) is 70.7 Å². The van der Waals surface area contributed by atoms with E-state index in [1.165, 1.54) is 24.3 Å². The lowest BCUT2D eigenvalue weighted by Gasteiger charge is -2.00. The number of anilines is 1. The maximum absolute atomic E-state index is 13.0. The fourth-order valence-corrected chi connectivity index (χ4v) is 3.07. The van der Waals surface area contributed by atoms with E-state index in [1.54, 1.807) is 28.5 Å². The molecule has 0 unspecified atom stereocenters. The normalized spacial score (nSPS) is 13.1. The average Bonchev–Trinajstić information content (AvgIpc) is 3.05. The zero-order valence-electron chi connectivity index (χ0n) is 11.4. The minimum absolute atomic E-state index is 0.263. The number of carbonyl (C=O) groups excluding carboxylic acids is 1. The first-order valence-corrected chi connectivity index (χ1v) is 7.54. The molecule has 22 heavy (non-hydrogen) atoms. The molecule has 110 valence electrons. The van der Waals surface area contributed by atoms with Gasteiger partial charge in [0.25, 0.3) is 0 Å². The quantitative estimate of drug-likeness (QED) is 0.884. The van der Waals surface area contributed by atoms with Gasteiger partial charge >= 0.3 is 0 Å². The van der Waals surface area contributed by atoms with E-state index >= 15 is 0 Å². The van der Waals surface area contributed by atoms with Gasteiger partial charge in [-0.1, -0.05) is 23.9 Å². The Balaban J connectivity index is 1.74. The molecule has 0 radical (unpaired) electrons. The molecule has 0 atom stereocenters. The summed E-state index contributed by atoms with van der Waals surface area (Å²) >= 11 is 1.55. The van der Waals surface area contributed by atoms with Crippen molar-refractivity contribution in [3.05, 3.63) is 47.4 Å². The fourth-order valence-electron chi connectivity index (χ4n) is 2.12. The minimum Gasteiger partial charge on any atom is -0.308 e. The second-order valence-corrected chi connectivity index (χ2v) is 5.64. The number of nitriles is 1. The summed E-state index contributed by atoms with van der Waals surface area (Å²) in [6, 6.07) is 7.98. The third kappa shape index (κ3) is 2.87. The Labute approximate surface area is 130 Å². The van der Waals surface area contributed by atoms with Gasteiger partial charge in [-0.15, -0.1) is 0 Å². The van der Waals surface area contributed by atoms with Crippen molar-refractivity contribution < 1.29 is 9.18 Å². The molecule has 1 aromatic heterocycles. The number of amides is 1. The summed E-state index contributed by atoms with van der Waals surface area (Å²) < 4.78 is 14.8. The monoisotopic (exact) mass is 314 g/mol. The van der Waals surface area contributed by atoms with Crippen molar-refractivity contribution in [2.75, 3.05) is 11.1 Å². The van der Waals surface area contributed by atoms with Crippen LogP contribution in [0.15, 0.2) is 35.5 Å². The number of aromatic nitrogens is 2. The lowest BCUT2D eigenvalue weighted by atomic mass is 10.2. The average molecular weight is 314 g/mol. The van der Waals surface area contributed by atoms with E-state index in [9.17, 15) is 14.4 Å². The van der Waals surface area contributed by atoms with E-state index in [-0.39, 0.29) is 11.6 Å². The summed E-state index contributed by atoms with van der Waals surface area (Å²) in [5.41, 5.74) is 0.936. The molecule has 3 rings (SSSR count). The molecule has 0 aliphatic carbocycles. The number of nitrogens with one attached hydrogen (secondary N) is 1. The molecule has 0 saturated heterocycles. The van der Waals surface area contributed by atoms with Crippen LogP contribution in [0.3, 0.4) is 0 Å². The van der Waals surface area contributed by atoms with E-state index in [1.807, 2.05) is 0 Å². The summed E-state index contributed by atoms with van der Waals surface area (Å²) in [6.07, 6.45) is 2.79. The Kier molecular flexibility index (Phi) is 3.94. The Morgan fingerprint density at radius 1 is 1.55 bits per heavy atom. The number of imidazole rings is 1. The molecule has 0 saturated carbocycles. The minimum atomic E-state index is -0.414. The first kappa shape index (κ1) is 14.4. The van der Waals surface area contributed by atoms with Crippen LogP contribution in [0.25, 0.3) is 6.08 Å². The van der Waals surface area contributed by atoms with Crippen LogP contribution in [0.4, 0.5) is 10.2 Å². The van der Waals surface area contributed by atoms with Crippen molar-refractivity contribution in [1.82, 2.24) is 9.55 Å². The van der Waals surface area contributed by atoms with Gasteiger partial charge in [0.1, 0.15) is 11.9 Å². The molecule has 1 aliphatic rings. The smallest absolute Gasteiger partial charge is 0.249 e. The zero-order valence-corrected chi connectivity index (χ0v) is 12.2. The summed E-state index contributed by atoms with van der Waals surface area (Å²) in [7, 11) is 0. The molecule has 1 N–H and O–H groups in total. The van der Waals surface area contributed by atoms with Crippen LogP contribution >= 0.6 is 11.8 Å². The Morgan fingerprint density at radius 3 is 3.18 bits per heavy atom. The van der Waals surface area contributed by atoms with Crippen LogP contribution in [0.5, 0.6) is 0 Å². The van der Waals surface area contributed by atoms with Gasteiger partial charge in [-0.25, -0.2) is 9.37 Å². The van der Waals surface area contributed by atoms with E-state index in [0.717, 1.165) is 10.9 Å². The number of benzene rings is 1. The van der Waals surface area contributed by atoms with E-state index in [0.29, 0.717) is 17.8 Å². The van der Waals surface area contributed by atoms with Crippen LogP contribution in [0, 0.1) is 17.1 Å². The van der Waals surface area contributed by atoms with Gasteiger partial charge in [-0.05, 0) is 23.8 Å². The molecule has 2 aromatic rings. The van der Waals surface area contributed by atoms with Crippen LogP contribution in [0.1, 0.15) is 11.3 Å². The molecule has 1 aromatic carbocycles. The third-order valence-corrected chi connectivity index (χ3v) is 4.06. The van der Waals surface area contributed by atoms with Gasteiger partial charge in [0.05, 0.1) is 0 Å². The van der Waals surface area contributed by atoms with Gasteiger partial charge in [0.15, 0.2) is 16.7 Å². The standard InChI is InChI=1S/C15H11FN4OS/c16-11-3-1-2-10(8-11)4-5-13(21)18-14-12(9-17)20-6-7-22-15(20)19-14/h1-5,8H,6-7H2,(H,18,21). The Morgan fingerprint density at radius 2 is 2.41 bits per heavy atom.